The van der Waals surface area contributed by atoms with E-state index in [1.807, 2.05) is 56.3 Å². The third-order valence-electron chi connectivity index (χ3n) is 5.50. The zero-order valence-electron chi connectivity index (χ0n) is 21.4. The van der Waals surface area contributed by atoms with Crippen LogP contribution in [0, 0.1) is 13.8 Å². The van der Waals surface area contributed by atoms with Gasteiger partial charge in [0.1, 0.15) is 5.82 Å². The van der Waals surface area contributed by atoms with Gasteiger partial charge in [0.05, 0.1) is 21.3 Å². The van der Waals surface area contributed by atoms with Crippen molar-refractivity contribution in [2.45, 2.75) is 13.8 Å². The Morgan fingerprint density at radius 3 is 1.86 bits per heavy atom. The fourth-order valence-corrected chi connectivity index (χ4v) is 3.65. The SMILES string of the molecule is COc1cc(C(=O)Nc2ccc(Nc3nc(C)cc(Nc4ccc(C)cc4)n3)cc2)cc(OC)c1OC. The number of hydrogen-bond donors (Lipinski definition) is 3. The molecule has 0 saturated heterocycles. The zero-order chi connectivity index (χ0) is 26.4. The Morgan fingerprint density at radius 1 is 0.703 bits per heavy atom. The van der Waals surface area contributed by atoms with Crippen molar-refractivity contribution in [3.05, 3.63) is 83.6 Å². The normalized spacial score (nSPS) is 10.4. The molecule has 9 nitrogen and oxygen atoms in total. The highest BCUT2D eigenvalue weighted by molar-refractivity contribution is 6.05. The van der Waals surface area contributed by atoms with Gasteiger partial charge in [-0.15, -0.1) is 0 Å². The maximum atomic E-state index is 12.9. The smallest absolute Gasteiger partial charge is 0.255 e. The summed E-state index contributed by atoms with van der Waals surface area (Å²) in [5.41, 5.74) is 4.73. The van der Waals surface area contributed by atoms with Crippen LogP contribution in [0.2, 0.25) is 0 Å². The van der Waals surface area contributed by atoms with Gasteiger partial charge in [-0.1, -0.05) is 17.7 Å². The second-order valence-electron chi connectivity index (χ2n) is 8.28. The first kappa shape index (κ1) is 25.3. The van der Waals surface area contributed by atoms with E-state index in [4.69, 9.17) is 14.2 Å². The second-order valence-corrected chi connectivity index (χ2v) is 8.28. The van der Waals surface area contributed by atoms with Gasteiger partial charge in [0.15, 0.2) is 11.5 Å². The Labute approximate surface area is 215 Å². The van der Waals surface area contributed by atoms with E-state index in [0.29, 0.717) is 40.3 Å². The predicted molar refractivity (Wildman–Crippen MR) is 145 cm³/mol. The number of nitrogens with one attached hydrogen (secondary N) is 3. The molecule has 4 rings (SSSR count). The van der Waals surface area contributed by atoms with Crippen molar-refractivity contribution >= 4 is 34.7 Å². The monoisotopic (exact) mass is 499 g/mol. The Balaban J connectivity index is 1.45. The van der Waals surface area contributed by atoms with Crippen LogP contribution in [-0.2, 0) is 0 Å². The number of anilines is 5. The highest BCUT2D eigenvalue weighted by Gasteiger charge is 2.17. The van der Waals surface area contributed by atoms with Gasteiger partial charge in [-0.3, -0.25) is 4.79 Å². The summed E-state index contributed by atoms with van der Waals surface area (Å²) in [7, 11) is 4.52. The lowest BCUT2D eigenvalue weighted by molar-refractivity contribution is 0.102. The number of aryl methyl sites for hydroxylation is 2. The largest absolute Gasteiger partial charge is 0.493 e. The summed E-state index contributed by atoms with van der Waals surface area (Å²) in [5, 5.41) is 9.40. The van der Waals surface area contributed by atoms with Crippen molar-refractivity contribution in [1.82, 2.24) is 9.97 Å². The van der Waals surface area contributed by atoms with Crippen LogP contribution < -0.4 is 30.2 Å². The molecule has 0 aliphatic heterocycles. The number of ether oxygens (including phenoxy) is 3. The van der Waals surface area contributed by atoms with Gasteiger partial charge in [-0.2, -0.15) is 4.98 Å². The molecule has 0 aliphatic rings. The Morgan fingerprint density at radius 2 is 1.27 bits per heavy atom. The molecule has 0 spiro atoms. The molecule has 0 aliphatic carbocycles. The van der Waals surface area contributed by atoms with Gasteiger partial charge >= 0.3 is 0 Å². The van der Waals surface area contributed by atoms with Crippen LogP contribution in [-0.4, -0.2) is 37.2 Å². The van der Waals surface area contributed by atoms with Crippen LogP contribution in [0.25, 0.3) is 0 Å². The molecule has 0 bridgehead atoms. The lowest BCUT2D eigenvalue weighted by Gasteiger charge is -2.14. The molecule has 0 fully saturated rings. The molecule has 190 valence electrons. The van der Waals surface area contributed by atoms with Crippen LogP contribution in [0.15, 0.2) is 66.7 Å². The van der Waals surface area contributed by atoms with Crippen LogP contribution >= 0.6 is 0 Å². The minimum atomic E-state index is -0.311. The van der Waals surface area contributed by atoms with E-state index in [0.717, 1.165) is 17.1 Å². The molecule has 9 heteroatoms. The average molecular weight is 500 g/mol. The average Bonchev–Trinajstić information content (AvgIpc) is 2.89. The Bertz CT molecular complexity index is 1360. The van der Waals surface area contributed by atoms with Gasteiger partial charge in [0, 0.05) is 34.4 Å². The van der Waals surface area contributed by atoms with Crippen LogP contribution in [0.5, 0.6) is 17.2 Å². The molecule has 1 amide bonds. The summed E-state index contributed by atoms with van der Waals surface area (Å²) in [6, 6.07) is 20.4. The Hall–Kier alpha value is -4.79. The van der Waals surface area contributed by atoms with Crippen molar-refractivity contribution in [3.8, 4) is 17.2 Å². The minimum Gasteiger partial charge on any atom is -0.493 e. The number of nitrogens with zero attached hydrogens (tertiary/aromatic N) is 2. The lowest BCUT2D eigenvalue weighted by Crippen LogP contribution is -2.12. The highest BCUT2D eigenvalue weighted by Crippen LogP contribution is 2.38. The number of carbonyl (C=O) groups excluding carboxylic acids is 1. The minimum absolute atomic E-state index is 0.311. The van der Waals surface area contributed by atoms with Gasteiger partial charge in [0.25, 0.3) is 5.91 Å². The molecule has 0 unspecified atom stereocenters. The van der Waals surface area contributed by atoms with Crippen molar-refractivity contribution in [3.63, 3.8) is 0 Å². The molecule has 0 atom stereocenters. The van der Waals surface area contributed by atoms with E-state index in [1.54, 1.807) is 24.3 Å². The first-order valence-electron chi connectivity index (χ1n) is 11.6. The first-order valence-corrected chi connectivity index (χ1v) is 11.6. The molecular formula is C28H29N5O4. The highest BCUT2D eigenvalue weighted by atomic mass is 16.5. The van der Waals surface area contributed by atoms with E-state index < -0.39 is 0 Å². The summed E-state index contributed by atoms with van der Waals surface area (Å²) < 4.78 is 16.0. The molecule has 3 N–H and O–H groups in total. The van der Waals surface area contributed by atoms with Gasteiger partial charge < -0.3 is 30.2 Å². The number of methoxy groups -OCH3 is 3. The summed E-state index contributed by atoms with van der Waals surface area (Å²) >= 11 is 0. The summed E-state index contributed by atoms with van der Waals surface area (Å²) in [6.45, 7) is 3.96. The number of rotatable bonds is 9. The third kappa shape index (κ3) is 6.26. The predicted octanol–water partition coefficient (Wildman–Crippen LogP) is 5.86. The number of amides is 1. The van der Waals surface area contributed by atoms with Crippen LogP contribution in [0.3, 0.4) is 0 Å². The summed E-state index contributed by atoms with van der Waals surface area (Å²) in [6.07, 6.45) is 0. The van der Waals surface area contributed by atoms with Crippen molar-refractivity contribution < 1.29 is 19.0 Å². The van der Waals surface area contributed by atoms with Gasteiger partial charge in [0.2, 0.25) is 11.7 Å². The number of carbonyl (C=O) groups is 1. The third-order valence-corrected chi connectivity index (χ3v) is 5.50. The zero-order valence-corrected chi connectivity index (χ0v) is 21.4. The molecule has 0 saturated carbocycles. The maximum Gasteiger partial charge on any atom is 0.255 e. The molecular weight excluding hydrogens is 470 g/mol. The second kappa shape index (κ2) is 11.3. The Kier molecular flexibility index (Phi) is 7.73. The van der Waals surface area contributed by atoms with Gasteiger partial charge in [-0.25, -0.2) is 4.98 Å². The number of benzene rings is 3. The van der Waals surface area contributed by atoms with E-state index in [2.05, 4.69) is 25.9 Å². The molecule has 3 aromatic carbocycles. The van der Waals surface area contributed by atoms with E-state index >= 15 is 0 Å². The fourth-order valence-electron chi connectivity index (χ4n) is 3.65. The van der Waals surface area contributed by atoms with Crippen molar-refractivity contribution in [2.75, 3.05) is 37.3 Å². The molecule has 1 heterocycles. The van der Waals surface area contributed by atoms with E-state index in [9.17, 15) is 4.79 Å². The van der Waals surface area contributed by atoms with Crippen molar-refractivity contribution in [1.29, 1.82) is 0 Å². The maximum absolute atomic E-state index is 12.9. The standard InChI is InChI=1S/C28H29N5O4/c1-17-6-8-20(9-7-17)30-25-14-18(2)29-28(33-25)32-22-12-10-21(11-13-22)31-27(34)19-15-23(35-3)26(37-5)24(16-19)36-4/h6-16H,1-5H3,(H,31,34)(H2,29,30,32,33). The molecule has 0 radical (unpaired) electrons. The lowest BCUT2D eigenvalue weighted by atomic mass is 10.1. The van der Waals surface area contributed by atoms with Crippen LogP contribution in [0.1, 0.15) is 21.6 Å². The van der Waals surface area contributed by atoms with Crippen LogP contribution in [0.4, 0.5) is 28.8 Å². The van der Waals surface area contributed by atoms with Crippen molar-refractivity contribution in [2.24, 2.45) is 0 Å². The first-order chi connectivity index (χ1) is 17.9. The van der Waals surface area contributed by atoms with E-state index in [-0.39, 0.29) is 5.91 Å². The summed E-state index contributed by atoms with van der Waals surface area (Å²) in [5.74, 6) is 2.07. The quantitative estimate of drug-likeness (QED) is 0.263. The molecule has 37 heavy (non-hydrogen) atoms. The fraction of sp³-hybridized carbons (Fsp3) is 0.179. The number of aromatic nitrogens is 2. The summed E-state index contributed by atoms with van der Waals surface area (Å²) in [4.78, 5) is 21.9. The molecule has 1 aromatic heterocycles. The molecule has 4 aromatic rings. The van der Waals surface area contributed by atoms with E-state index in [1.165, 1.54) is 26.9 Å². The van der Waals surface area contributed by atoms with Gasteiger partial charge in [-0.05, 0) is 62.4 Å². The number of hydrogen-bond acceptors (Lipinski definition) is 8. The topological polar surface area (TPSA) is 107 Å².